The molecule has 0 saturated carbocycles. The Kier molecular flexibility index (Phi) is 4.37. The van der Waals surface area contributed by atoms with Crippen molar-refractivity contribution in [2.75, 3.05) is 17.1 Å². The van der Waals surface area contributed by atoms with Gasteiger partial charge in [0.2, 0.25) is 0 Å². The summed E-state index contributed by atoms with van der Waals surface area (Å²) < 4.78 is 32.7. The van der Waals surface area contributed by atoms with Crippen LogP contribution in [0.15, 0.2) is 47.4 Å². The second-order valence-corrected chi connectivity index (χ2v) is 6.29. The normalized spacial score (nSPS) is 11.1. The molecule has 3 N–H and O–H groups in total. The number of benzene rings is 2. The fourth-order valence-corrected chi connectivity index (χ4v) is 2.91. The van der Waals surface area contributed by atoms with Crippen LogP contribution in [-0.4, -0.2) is 15.0 Å². The number of rotatable bonds is 5. The van der Waals surface area contributed by atoms with Crippen LogP contribution in [0.25, 0.3) is 0 Å². The number of hydrogen-bond acceptors (Lipinski definition) is 4. The molecule has 0 aliphatic heterocycles. The molecule has 5 nitrogen and oxygen atoms in total. The van der Waals surface area contributed by atoms with E-state index in [0.29, 0.717) is 23.7 Å². The highest BCUT2D eigenvalue weighted by Gasteiger charge is 2.16. The van der Waals surface area contributed by atoms with E-state index in [2.05, 4.69) is 4.72 Å². The Morgan fingerprint density at radius 3 is 2.43 bits per heavy atom. The number of sulfonamides is 1. The van der Waals surface area contributed by atoms with Gasteiger partial charge in [-0.15, -0.1) is 0 Å². The van der Waals surface area contributed by atoms with Crippen molar-refractivity contribution in [3.05, 3.63) is 48.0 Å². The van der Waals surface area contributed by atoms with E-state index in [1.807, 2.05) is 19.9 Å². The van der Waals surface area contributed by atoms with E-state index in [-0.39, 0.29) is 4.90 Å². The Bertz CT molecular complexity index is 725. The predicted octanol–water partition coefficient (Wildman–Crippen LogP) is 2.78. The second kappa shape index (κ2) is 6.05. The van der Waals surface area contributed by atoms with Gasteiger partial charge in [0, 0.05) is 5.69 Å². The van der Waals surface area contributed by atoms with Gasteiger partial charge in [-0.25, -0.2) is 8.42 Å². The Balaban J connectivity index is 2.34. The summed E-state index contributed by atoms with van der Waals surface area (Å²) in [6.45, 7) is 4.22. The summed E-state index contributed by atoms with van der Waals surface area (Å²) in [6.07, 6.45) is 0. The van der Waals surface area contributed by atoms with Gasteiger partial charge in [-0.05, 0) is 55.8 Å². The van der Waals surface area contributed by atoms with E-state index >= 15 is 0 Å². The quantitative estimate of drug-likeness (QED) is 0.832. The van der Waals surface area contributed by atoms with Crippen molar-refractivity contribution < 1.29 is 13.2 Å². The molecule has 21 heavy (non-hydrogen) atoms. The molecular formula is C15H18N2O3S. The molecular weight excluding hydrogens is 288 g/mol. The van der Waals surface area contributed by atoms with Gasteiger partial charge in [-0.3, -0.25) is 4.72 Å². The average Bonchev–Trinajstić information content (AvgIpc) is 2.42. The Morgan fingerprint density at radius 2 is 1.81 bits per heavy atom. The first-order chi connectivity index (χ1) is 9.92. The molecule has 112 valence electrons. The zero-order valence-corrected chi connectivity index (χ0v) is 12.8. The number of hydrogen-bond donors (Lipinski definition) is 2. The number of aryl methyl sites for hydroxylation is 1. The molecule has 6 heteroatoms. The van der Waals surface area contributed by atoms with E-state index in [4.69, 9.17) is 10.5 Å². The van der Waals surface area contributed by atoms with E-state index in [9.17, 15) is 8.42 Å². The van der Waals surface area contributed by atoms with Crippen LogP contribution in [0, 0.1) is 6.92 Å². The third-order valence-electron chi connectivity index (χ3n) is 2.87. The van der Waals surface area contributed by atoms with Gasteiger partial charge in [-0.2, -0.15) is 0 Å². The fraction of sp³-hybridized carbons (Fsp3) is 0.200. The molecule has 0 spiro atoms. The number of nitrogen functional groups attached to an aromatic ring is 1. The molecule has 0 aliphatic rings. The second-order valence-electron chi connectivity index (χ2n) is 4.61. The van der Waals surface area contributed by atoms with E-state index < -0.39 is 10.0 Å². The lowest BCUT2D eigenvalue weighted by molar-refractivity contribution is 0.342. The molecule has 0 radical (unpaired) electrons. The third kappa shape index (κ3) is 3.66. The molecule has 0 amide bonds. The molecule has 0 bridgehead atoms. The summed E-state index contributed by atoms with van der Waals surface area (Å²) >= 11 is 0. The first-order valence-corrected chi connectivity index (χ1v) is 8.02. The lowest BCUT2D eigenvalue weighted by atomic mass is 10.2. The largest absolute Gasteiger partial charge is 0.492 e. The van der Waals surface area contributed by atoms with Crippen molar-refractivity contribution in [3.63, 3.8) is 0 Å². The van der Waals surface area contributed by atoms with Gasteiger partial charge < -0.3 is 10.5 Å². The Morgan fingerprint density at radius 1 is 1.14 bits per heavy atom. The van der Waals surface area contributed by atoms with Crippen molar-refractivity contribution in [3.8, 4) is 5.75 Å². The lowest BCUT2D eigenvalue weighted by Gasteiger charge is -2.13. The zero-order chi connectivity index (χ0) is 15.5. The SMILES string of the molecule is CCOc1cc(C)ccc1NS(=O)(=O)c1ccc(N)cc1. The smallest absolute Gasteiger partial charge is 0.262 e. The number of nitrogens with two attached hydrogens (primary N) is 1. The molecule has 0 aromatic heterocycles. The minimum Gasteiger partial charge on any atom is -0.492 e. The summed E-state index contributed by atoms with van der Waals surface area (Å²) in [7, 11) is -3.67. The zero-order valence-electron chi connectivity index (χ0n) is 12.0. The standard InChI is InChI=1S/C15H18N2O3S/c1-3-20-15-10-11(2)4-9-14(15)17-21(18,19)13-7-5-12(16)6-8-13/h4-10,17H,3,16H2,1-2H3. The highest BCUT2D eigenvalue weighted by molar-refractivity contribution is 7.92. The van der Waals surface area contributed by atoms with Crippen LogP contribution in [0.1, 0.15) is 12.5 Å². The van der Waals surface area contributed by atoms with Crippen LogP contribution in [0.5, 0.6) is 5.75 Å². The van der Waals surface area contributed by atoms with Crippen molar-refractivity contribution in [1.82, 2.24) is 0 Å². The Labute approximate surface area is 124 Å². The van der Waals surface area contributed by atoms with E-state index in [1.165, 1.54) is 12.1 Å². The van der Waals surface area contributed by atoms with Crippen LogP contribution in [0.4, 0.5) is 11.4 Å². The lowest BCUT2D eigenvalue weighted by Crippen LogP contribution is -2.14. The number of anilines is 2. The van der Waals surface area contributed by atoms with Crippen LogP contribution < -0.4 is 15.2 Å². The van der Waals surface area contributed by atoms with Crippen molar-refractivity contribution in [1.29, 1.82) is 0 Å². The maximum atomic E-state index is 12.3. The Hall–Kier alpha value is -2.21. The third-order valence-corrected chi connectivity index (χ3v) is 4.25. The molecule has 0 fully saturated rings. The van der Waals surface area contributed by atoms with Gasteiger partial charge >= 0.3 is 0 Å². The highest BCUT2D eigenvalue weighted by atomic mass is 32.2. The monoisotopic (exact) mass is 306 g/mol. The summed E-state index contributed by atoms with van der Waals surface area (Å²) in [4.78, 5) is 0.153. The molecule has 2 rings (SSSR count). The van der Waals surface area contributed by atoms with Crippen molar-refractivity contribution in [2.45, 2.75) is 18.7 Å². The summed E-state index contributed by atoms with van der Waals surface area (Å²) in [5.41, 5.74) is 7.49. The minimum atomic E-state index is -3.67. The molecule has 0 atom stereocenters. The number of ether oxygens (including phenoxy) is 1. The predicted molar refractivity (Wildman–Crippen MR) is 84.0 cm³/mol. The number of nitrogens with one attached hydrogen (secondary N) is 1. The topological polar surface area (TPSA) is 81.4 Å². The van der Waals surface area contributed by atoms with Gasteiger partial charge in [-0.1, -0.05) is 6.07 Å². The summed E-state index contributed by atoms with van der Waals surface area (Å²) in [5, 5.41) is 0. The molecule has 0 heterocycles. The maximum absolute atomic E-state index is 12.3. The van der Waals surface area contributed by atoms with Crippen LogP contribution in [0.3, 0.4) is 0 Å². The summed E-state index contributed by atoms with van der Waals surface area (Å²) in [5.74, 6) is 0.511. The summed E-state index contributed by atoms with van der Waals surface area (Å²) in [6, 6.07) is 11.3. The van der Waals surface area contributed by atoms with E-state index in [0.717, 1.165) is 5.56 Å². The van der Waals surface area contributed by atoms with Crippen LogP contribution >= 0.6 is 0 Å². The first-order valence-electron chi connectivity index (χ1n) is 6.54. The minimum absolute atomic E-state index is 0.153. The molecule has 0 saturated heterocycles. The van der Waals surface area contributed by atoms with Crippen LogP contribution in [0.2, 0.25) is 0 Å². The molecule has 2 aromatic carbocycles. The van der Waals surface area contributed by atoms with Crippen molar-refractivity contribution >= 4 is 21.4 Å². The first kappa shape index (κ1) is 15.2. The maximum Gasteiger partial charge on any atom is 0.262 e. The van der Waals surface area contributed by atoms with Crippen molar-refractivity contribution in [2.24, 2.45) is 0 Å². The average molecular weight is 306 g/mol. The highest BCUT2D eigenvalue weighted by Crippen LogP contribution is 2.28. The van der Waals surface area contributed by atoms with E-state index in [1.54, 1.807) is 24.3 Å². The molecule has 0 aliphatic carbocycles. The van der Waals surface area contributed by atoms with Gasteiger partial charge in [0.05, 0.1) is 17.2 Å². The fourth-order valence-electron chi connectivity index (χ4n) is 1.84. The van der Waals surface area contributed by atoms with Crippen LogP contribution in [-0.2, 0) is 10.0 Å². The van der Waals surface area contributed by atoms with Gasteiger partial charge in [0.25, 0.3) is 10.0 Å². The molecule has 2 aromatic rings. The van der Waals surface area contributed by atoms with Gasteiger partial charge in [0.15, 0.2) is 0 Å². The molecule has 0 unspecified atom stereocenters. The van der Waals surface area contributed by atoms with Gasteiger partial charge in [0.1, 0.15) is 5.75 Å².